The van der Waals surface area contributed by atoms with Crippen molar-refractivity contribution in [2.75, 3.05) is 23.8 Å². The van der Waals surface area contributed by atoms with Crippen LogP contribution in [-0.2, 0) is 19.6 Å². The minimum atomic E-state index is -4.41. The number of hydrogen-bond donors (Lipinski definition) is 2. The van der Waals surface area contributed by atoms with Gasteiger partial charge in [-0.3, -0.25) is 4.79 Å². The maximum absolute atomic E-state index is 14.6. The number of pyridine rings is 2. The van der Waals surface area contributed by atoms with E-state index in [0.29, 0.717) is 37.3 Å². The van der Waals surface area contributed by atoms with Gasteiger partial charge in [0.05, 0.1) is 17.9 Å². The van der Waals surface area contributed by atoms with Crippen LogP contribution in [-0.4, -0.2) is 55.1 Å². The SMILES string of the molecule is CC(C)COc1cc(F)cc(-c2ccc(C(=O)NS(=O)(=O)c3cccc(N)n3)c(N3CCC[C@H]3C(=O)OC(C)(C)C)n2)c1. The van der Waals surface area contributed by atoms with Crippen LogP contribution in [0.25, 0.3) is 11.3 Å². The summed E-state index contributed by atoms with van der Waals surface area (Å²) < 4.78 is 54.0. The molecule has 11 nitrogen and oxygen atoms in total. The zero-order valence-corrected chi connectivity index (χ0v) is 25.6. The number of nitrogens with one attached hydrogen (secondary N) is 1. The predicted octanol–water partition coefficient (Wildman–Crippen LogP) is 4.33. The molecule has 3 heterocycles. The number of anilines is 2. The van der Waals surface area contributed by atoms with Crippen molar-refractivity contribution in [2.45, 2.75) is 64.1 Å². The normalized spacial score (nSPS) is 15.4. The largest absolute Gasteiger partial charge is 0.493 e. The van der Waals surface area contributed by atoms with Gasteiger partial charge in [0.15, 0.2) is 5.03 Å². The number of benzene rings is 1. The van der Waals surface area contributed by atoms with Gasteiger partial charge in [0.2, 0.25) is 0 Å². The van der Waals surface area contributed by atoms with Crippen molar-refractivity contribution in [2.24, 2.45) is 5.92 Å². The number of amides is 1. The zero-order valence-electron chi connectivity index (χ0n) is 24.8. The quantitative estimate of drug-likeness (QED) is 0.333. The molecule has 13 heteroatoms. The van der Waals surface area contributed by atoms with E-state index in [-0.39, 0.29) is 28.8 Å². The molecule has 1 fully saturated rings. The summed E-state index contributed by atoms with van der Waals surface area (Å²) in [6.45, 7) is 9.91. The number of nitrogens with two attached hydrogens (primary N) is 1. The number of ether oxygens (including phenoxy) is 2. The van der Waals surface area contributed by atoms with Crippen LogP contribution in [0.4, 0.5) is 16.0 Å². The molecule has 0 bridgehead atoms. The van der Waals surface area contributed by atoms with Crippen molar-refractivity contribution in [3.8, 4) is 17.0 Å². The number of esters is 1. The first-order chi connectivity index (χ1) is 20.1. The molecular weight excluding hydrogens is 577 g/mol. The maximum Gasteiger partial charge on any atom is 0.329 e. The Labute approximate surface area is 250 Å². The fourth-order valence-corrected chi connectivity index (χ4v) is 5.45. The molecule has 2 aromatic heterocycles. The smallest absolute Gasteiger partial charge is 0.329 e. The highest BCUT2D eigenvalue weighted by atomic mass is 32.2. The van der Waals surface area contributed by atoms with Gasteiger partial charge in [0.1, 0.15) is 34.8 Å². The number of nitrogen functional groups attached to an aromatic ring is 1. The molecule has 0 radical (unpaired) electrons. The number of carbonyl (C=O) groups is 2. The zero-order chi connectivity index (χ0) is 31.5. The van der Waals surface area contributed by atoms with Crippen LogP contribution in [0.2, 0.25) is 0 Å². The highest BCUT2D eigenvalue weighted by Gasteiger charge is 2.37. The fraction of sp³-hybridized carbons (Fsp3) is 0.400. The first-order valence-corrected chi connectivity index (χ1v) is 15.4. The topological polar surface area (TPSA) is 154 Å². The average Bonchev–Trinajstić information content (AvgIpc) is 3.40. The number of nitrogens with zero attached hydrogens (tertiary/aromatic N) is 3. The van der Waals surface area contributed by atoms with Crippen molar-refractivity contribution in [3.05, 3.63) is 59.9 Å². The van der Waals surface area contributed by atoms with Gasteiger partial charge in [-0.2, -0.15) is 8.42 Å². The monoisotopic (exact) mass is 613 g/mol. The molecule has 230 valence electrons. The van der Waals surface area contributed by atoms with E-state index >= 15 is 0 Å². The number of carbonyl (C=O) groups excluding carboxylic acids is 2. The summed E-state index contributed by atoms with van der Waals surface area (Å²) in [4.78, 5) is 36.8. The van der Waals surface area contributed by atoms with E-state index in [9.17, 15) is 22.4 Å². The Morgan fingerprint density at radius 2 is 1.88 bits per heavy atom. The van der Waals surface area contributed by atoms with Crippen molar-refractivity contribution in [1.82, 2.24) is 14.7 Å². The molecule has 1 atom stereocenters. The van der Waals surface area contributed by atoms with Gasteiger partial charge in [0, 0.05) is 18.2 Å². The summed E-state index contributed by atoms with van der Waals surface area (Å²) in [6, 6.07) is 10.3. The number of sulfonamides is 1. The van der Waals surface area contributed by atoms with Crippen LogP contribution in [0.1, 0.15) is 57.8 Å². The Kier molecular flexibility index (Phi) is 9.24. The fourth-order valence-electron chi connectivity index (χ4n) is 4.51. The minimum absolute atomic E-state index is 0.0360. The average molecular weight is 614 g/mol. The Hall–Kier alpha value is -4.26. The molecule has 1 aliphatic heterocycles. The molecular formula is C30H36FN5O6S. The van der Waals surface area contributed by atoms with E-state index in [1.807, 2.05) is 18.6 Å². The lowest BCUT2D eigenvalue weighted by Gasteiger charge is -2.29. The second kappa shape index (κ2) is 12.5. The minimum Gasteiger partial charge on any atom is -0.493 e. The van der Waals surface area contributed by atoms with Gasteiger partial charge < -0.3 is 20.1 Å². The second-order valence-corrected chi connectivity index (χ2v) is 13.3. The second-order valence-electron chi connectivity index (χ2n) is 11.7. The lowest BCUT2D eigenvalue weighted by molar-refractivity contribution is -0.156. The molecule has 43 heavy (non-hydrogen) atoms. The predicted molar refractivity (Wildman–Crippen MR) is 159 cm³/mol. The first-order valence-electron chi connectivity index (χ1n) is 13.9. The molecule has 0 spiro atoms. The van der Waals surface area contributed by atoms with Crippen LogP contribution in [0, 0.1) is 11.7 Å². The van der Waals surface area contributed by atoms with Crippen LogP contribution in [0.5, 0.6) is 5.75 Å². The highest BCUT2D eigenvalue weighted by molar-refractivity contribution is 7.90. The molecule has 1 aliphatic rings. The van der Waals surface area contributed by atoms with Crippen LogP contribution < -0.4 is 20.1 Å². The van der Waals surface area contributed by atoms with E-state index < -0.39 is 44.4 Å². The molecule has 0 aliphatic carbocycles. The Balaban J connectivity index is 1.77. The van der Waals surface area contributed by atoms with Crippen LogP contribution >= 0.6 is 0 Å². The Morgan fingerprint density at radius 3 is 2.56 bits per heavy atom. The van der Waals surface area contributed by atoms with E-state index in [0.717, 1.165) is 0 Å². The number of hydrogen-bond acceptors (Lipinski definition) is 10. The van der Waals surface area contributed by atoms with E-state index in [4.69, 9.17) is 15.2 Å². The lowest BCUT2D eigenvalue weighted by Crippen LogP contribution is -2.42. The van der Waals surface area contributed by atoms with Crippen LogP contribution in [0.15, 0.2) is 53.6 Å². The molecule has 3 aromatic rings. The van der Waals surface area contributed by atoms with Crippen molar-refractivity contribution >= 4 is 33.5 Å². The number of halogens is 1. The van der Waals surface area contributed by atoms with E-state index in [1.54, 1.807) is 31.7 Å². The summed E-state index contributed by atoms with van der Waals surface area (Å²) in [5.74, 6) is -1.51. The molecule has 1 saturated heterocycles. The van der Waals surface area contributed by atoms with E-state index in [2.05, 4.69) is 9.97 Å². The summed E-state index contributed by atoms with van der Waals surface area (Å²) in [5, 5.41) is -0.437. The standard InChI is InChI=1S/C30H36FN5O6S/c1-18(2)17-41-21-15-19(14-20(31)16-21)23-12-11-22(28(37)35-43(39,40)26-10-6-9-25(32)34-26)27(33-23)36-13-7-8-24(36)29(38)42-30(3,4)5/h6,9-12,14-16,18,24H,7-8,13,17H2,1-5H3,(H2,32,34)(H,35,37)/t24-/m0/s1. The van der Waals surface area contributed by atoms with Crippen molar-refractivity contribution < 1.29 is 31.9 Å². The molecule has 1 amide bonds. The van der Waals surface area contributed by atoms with Gasteiger partial charge in [-0.1, -0.05) is 19.9 Å². The van der Waals surface area contributed by atoms with Gasteiger partial charge in [-0.15, -0.1) is 0 Å². The summed E-state index contributed by atoms with van der Waals surface area (Å²) in [6.07, 6.45) is 1.02. The van der Waals surface area contributed by atoms with Gasteiger partial charge in [-0.05, 0) is 75.9 Å². The third kappa shape index (κ3) is 7.98. The third-order valence-corrected chi connectivity index (χ3v) is 7.55. The Bertz CT molecular complexity index is 1620. The molecule has 3 N–H and O–H groups in total. The first kappa shape index (κ1) is 31.7. The van der Waals surface area contributed by atoms with Crippen LogP contribution in [0.3, 0.4) is 0 Å². The lowest BCUT2D eigenvalue weighted by atomic mass is 10.1. The Morgan fingerprint density at radius 1 is 1.14 bits per heavy atom. The number of aromatic nitrogens is 2. The van der Waals surface area contributed by atoms with Crippen molar-refractivity contribution in [3.63, 3.8) is 0 Å². The van der Waals surface area contributed by atoms with Gasteiger partial charge >= 0.3 is 5.97 Å². The highest BCUT2D eigenvalue weighted by Crippen LogP contribution is 2.33. The van der Waals surface area contributed by atoms with Gasteiger partial charge in [0.25, 0.3) is 15.9 Å². The number of rotatable bonds is 9. The van der Waals surface area contributed by atoms with Crippen molar-refractivity contribution in [1.29, 1.82) is 0 Å². The summed E-state index contributed by atoms with van der Waals surface area (Å²) in [7, 11) is -4.41. The summed E-state index contributed by atoms with van der Waals surface area (Å²) >= 11 is 0. The van der Waals surface area contributed by atoms with E-state index in [1.165, 1.54) is 42.5 Å². The maximum atomic E-state index is 14.6. The van der Waals surface area contributed by atoms with Gasteiger partial charge in [-0.25, -0.2) is 23.9 Å². The third-order valence-electron chi connectivity index (χ3n) is 6.32. The summed E-state index contributed by atoms with van der Waals surface area (Å²) in [5.41, 5.74) is 5.42. The molecule has 0 unspecified atom stereocenters. The molecule has 4 rings (SSSR count). The molecule has 1 aromatic carbocycles. The molecule has 0 saturated carbocycles.